The van der Waals surface area contributed by atoms with Gasteiger partial charge in [0.25, 0.3) is 0 Å². The molecule has 0 bridgehead atoms. The number of ether oxygens (including phenoxy) is 3. The molecule has 134 valence electrons. The average molecular weight is 353 g/mol. The van der Waals surface area contributed by atoms with Crippen molar-refractivity contribution in [1.82, 2.24) is 0 Å². The second-order valence-electron chi connectivity index (χ2n) is 5.32. The SMILES string of the molecule is COc1cccc(C=C(C#N)C(=O)O)c1OCCOc1ccccc1C. The number of nitriles is 1. The number of hydrogen-bond donors (Lipinski definition) is 1. The summed E-state index contributed by atoms with van der Waals surface area (Å²) in [5.74, 6) is 0.271. The van der Waals surface area contributed by atoms with Gasteiger partial charge in [0.2, 0.25) is 0 Å². The van der Waals surface area contributed by atoms with Crippen LogP contribution < -0.4 is 14.2 Å². The number of carboxylic acids is 1. The van der Waals surface area contributed by atoms with Crippen LogP contribution in [0.3, 0.4) is 0 Å². The summed E-state index contributed by atoms with van der Waals surface area (Å²) in [6.45, 7) is 2.48. The van der Waals surface area contributed by atoms with Gasteiger partial charge in [-0.25, -0.2) is 4.79 Å². The van der Waals surface area contributed by atoms with Crippen molar-refractivity contribution in [3.05, 3.63) is 59.2 Å². The first-order valence-electron chi connectivity index (χ1n) is 7.90. The molecule has 0 aliphatic rings. The van der Waals surface area contributed by atoms with Crippen molar-refractivity contribution in [1.29, 1.82) is 5.26 Å². The maximum atomic E-state index is 11.1. The number of hydrogen-bond acceptors (Lipinski definition) is 5. The molecule has 2 aromatic rings. The number of carboxylic acid groups (broad SMARTS) is 1. The van der Waals surface area contributed by atoms with E-state index in [1.165, 1.54) is 13.2 Å². The molecule has 1 N–H and O–H groups in total. The standard InChI is InChI=1S/C20H19NO5/c1-14-6-3-4-8-17(14)25-10-11-26-19-15(7-5-9-18(19)24-2)12-16(13-21)20(22)23/h3-9,12H,10-11H2,1-2H3,(H,22,23). The minimum Gasteiger partial charge on any atom is -0.493 e. The number of aliphatic carboxylic acids is 1. The van der Waals surface area contributed by atoms with Gasteiger partial charge in [0.15, 0.2) is 11.5 Å². The molecule has 0 heterocycles. The van der Waals surface area contributed by atoms with Crippen molar-refractivity contribution in [2.75, 3.05) is 20.3 Å². The van der Waals surface area contributed by atoms with E-state index in [-0.39, 0.29) is 12.2 Å². The highest BCUT2D eigenvalue weighted by atomic mass is 16.5. The Morgan fingerprint density at radius 2 is 1.81 bits per heavy atom. The second-order valence-corrected chi connectivity index (χ2v) is 5.32. The van der Waals surface area contributed by atoms with Gasteiger partial charge < -0.3 is 19.3 Å². The van der Waals surface area contributed by atoms with Crippen LogP contribution in [0.1, 0.15) is 11.1 Å². The van der Waals surface area contributed by atoms with Crippen molar-refractivity contribution in [3.63, 3.8) is 0 Å². The molecule has 0 aliphatic heterocycles. The van der Waals surface area contributed by atoms with Crippen LogP contribution in [0.5, 0.6) is 17.2 Å². The zero-order valence-corrected chi connectivity index (χ0v) is 14.6. The molecule has 0 saturated heterocycles. The van der Waals surface area contributed by atoms with E-state index in [1.54, 1.807) is 24.3 Å². The molecule has 0 fully saturated rings. The number of nitrogens with zero attached hydrogens (tertiary/aromatic N) is 1. The quantitative estimate of drug-likeness (QED) is 0.444. The molecule has 2 rings (SSSR count). The van der Waals surface area contributed by atoms with E-state index in [4.69, 9.17) is 24.6 Å². The Morgan fingerprint density at radius 3 is 2.46 bits per heavy atom. The van der Waals surface area contributed by atoms with E-state index >= 15 is 0 Å². The van der Waals surface area contributed by atoms with Crippen LogP contribution in [0.25, 0.3) is 6.08 Å². The molecule has 0 spiro atoms. The van der Waals surface area contributed by atoms with Gasteiger partial charge in [-0.3, -0.25) is 0 Å². The molecule has 6 nitrogen and oxygen atoms in total. The molecule has 0 saturated carbocycles. The number of benzene rings is 2. The van der Waals surface area contributed by atoms with Gasteiger partial charge in [-0.1, -0.05) is 30.3 Å². The maximum absolute atomic E-state index is 11.1. The van der Waals surface area contributed by atoms with Crippen LogP contribution in [0.4, 0.5) is 0 Å². The summed E-state index contributed by atoms with van der Waals surface area (Å²) in [7, 11) is 1.49. The van der Waals surface area contributed by atoms with Crippen molar-refractivity contribution in [2.24, 2.45) is 0 Å². The molecule has 2 aromatic carbocycles. The normalized spacial score (nSPS) is 10.7. The third-order valence-corrected chi connectivity index (χ3v) is 3.56. The van der Waals surface area contributed by atoms with Crippen LogP contribution in [-0.2, 0) is 4.79 Å². The number of rotatable bonds is 8. The van der Waals surface area contributed by atoms with E-state index in [0.29, 0.717) is 23.7 Å². The van der Waals surface area contributed by atoms with Gasteiger partial charge in [-0.2, -0.15) is 5.26 Å². The molecule has 26 heavy (non-hydrogen) atoms. The van der Waals surface area contributed by atoms with Crippen LogP contribution in [-0.4, -0.2) is 31.4 Å². The average Bonchev–Trinajstić information content (AvgIpc) is 2.64. The first kappa shape index (κ1) is 18.9. The topological polar surface area (TPSA) is 88.8 Å². The van der Waals surface area contributed by atoms with Gasteiger partial charge >= 0.3 is 5.97 Å². The zero-order valence-electron chi connectivity index (χ0n) is 14.6. The van der Waals surface area contributed by atoms with Crippen molar-refractivity contribution in [3.8, 4) is 23.3 Å². The molecule has 0 aromatic heterocycles. The smallest absolute Gasteiger partial charge is 0.346 e. The summed E-state index contributed by atoms with van der Waals surface area (Å²) in [6, 6.07) is 14.3. The molecule has 0 amide bonds. The number of carbonyl (C=O) groups is 1. The van der Waals surface area contributed by atoms with E-state index in [0.717, 1.165) is 11.3 Å². The molecule has 0 unspecified atom stereocenters. The lowest BCUT2D eigenvalue weighted by Crippen LogP contribution is -2.11. The Balaban J connectivity index is 2.14. The van der Waals surface area contributed by atoms with E-state index < -0.39 is 5.97 Å². The second kappa shape index (κ2) is 9.14. The van der Waals surface area contributed by atoms with Crippen LogP contribution in [0, 0.1) is 18.3 Å². The van der Waals surface area contributed by atoms with E-state index in [1.807, 2.05) is 31.2 Å². The van der Waals surface area contributed by atoms with Crippen molar-refractivity contribution >= 4 is 12.0 Å². The highest BCUT2D eigenvalue weighted by Crippen LogP contribution is 2.32. The summed E-state index contributed by atoms with van der Waals surface area (Å²) in [6.07, 6.45) is 1.25. The number of methoxy groups -OCH3 is 1. The predicted molar refractivity (Wildman–Crippen MR) is 96.4 cm³/mol. The number of para-hydroxylation sites is 2. The number of aryl methyl sites for hydroxylation is 1. The molecule has 0 radical (unpaired) electrons. The Labute approximate surface area is 151 Å². The Kier molecular flexibility index (Phi) is 6.63. The van der Waals surface area contributed by atoms with E-state index in [2.05, 4.69) is 0 Å². The fourth-order valence-electron chi connectivity index (χ4n) is 2.27. The summed E-state index contributed by atoms with van der Waals surface area (Å²) in [4.78, 5) is 11.1. The zero-order chi connectivity index (χ0) is 18.9. The highest BCUT2D eigenvalue weighted by molar-refractivity contribution is 5.97. The molecule has 6 heteroatoms. The van der Waals surface area contributed by atoms with Gasteiger partial charge in [0, 0.05) is 5.56 Å². The van der Waals surface area contributed by atoms with Crippen molar-refractivity contribution in [2.45, 2.75) is 6.92 Å². The van der Waals surface area contributed by atoms with Gasteiger partial charge in [0.1, 0.15) is 30.6 Å². The fraction of sp³-hybridized carbons (Fsp3) is 0.200. The van der Waals surface area contributed by atoms with Gasteiger partial charge in [-0.05, 0) is 30.7 Å². The minimum atomic E-state index is -1.30. The molecular weight excluding hydrogens is 334 g/mol. The Bertz CT molecular complexity index is 852. The van der Waals surface area contributed by atoms with Crippen LogP contribution in [0.15, 0.2) is 48.0 Å². The lowest BCUT2D eigenvalue weighted by atomic mass is 10.1. The third kappa shape index (κ3) is 4.77. The largest absolute Gasteiger partial charge is 0.493 e. The maximum Gasteiger partial charge on any atom is 0.346 e. The lowest BCUT2D eigenvalue weighted by molar-refractivity contribution is -0.132. The molecular formula is C20H19NO5. The first-order valence-corrected chi connectivity index (χ1v) is 7.90. The van der Waals surface area contributed by atoms with Gasteiger partial charge in [0.05, 0.1) is 7.11 Å². The van der Waals surface area contributed by atoms with Gasteiger partial charge in [-0.15, -0.1) is 0 Å². The molecule has 0 atom stereocenters. The third-order valence-electron chi connectivity index (χ3n) is 3.56. The summed E-state index contributed by atoms with van der Waals surface area (Å²) >= 11 is 0. The summed E-state index contributed by atoms with van der Waals surface area (Å²) < 4.78 is 16.7. The summed E-state index contributed by atoms with van der Waals surface area (Å²) in [5.41, 5.74) is 1.08. The Hall–Kier alpha value is -3.46. The lowest BCUT2D eigenvalue weighted by Gasteiger charge is -2.14. The van der Waals surface area contributed by atoms with Crippen molar-refractivity contribution < 1.29 is 24.1 Å². The first-order chi connectivity index (χ1) is 12.6. The Morgan fingerprint density at radius 1 is 1.12 bits per heavy atom. The van der Waals surface area contributed by atoms with Crippen LogP contribution in [0.2, 0.25) is 0 Å². The van der Waals surface area contributed by atoms with E-state index in [9.17, 15) is 4.79 Å². The fourth-order valence-corrected chi connectivity index (χ4v) is 2.27. The highest BCUT2D eigenvalue weighted by Gasteiger charge is 2.13. The predicted octanol–water partition coefficient (Wildman–Crippen LogP) is 3.45. The summed E-state index contributed by atoms with van der Waals surface area (Å²) in [5, 5.41) is 18.0. The monoisotopic (exact) mass is 353 g/mol. The van der Waals surface area contributed by atoms with Crippen LogP contribution >= 0.6 is 0 Å². The molecule has 0 aliphatic carbocycles. The minimum absolute atomic E-state index is 0.227.